The van der Waals surface area contributed by atoms with Gasteiger partial charge in [-0.15, -0.1) is 0 Å². The number of aromatic nitrogens is 1. The van der Waals surface area contributed by atoms with Gasteiger partial charge in [-0.05, 0) is 30.7 Å². The Kier molecular flexibility index (Phi) is 2.43. The molecule has 0 amide bonds. The molecular weight excluding hydrogens is 192 g/mol. The van der Waals surface area contributed by atoms with Gasteiger partial charge in [0.1, 0.15) is 17.7 Å². The number of nitrogens with two attached hydrogens (primary N) is 1. The first kappa shape index (κ1) is 9.73. The number of nitrogen functional groups attached to an aromatic ring is 1. The molecule has 2 rings (SSSR count). The highest BCUT2D eigenvalue weighted by molar-refractivity contribution is 5.44. The van der Waals surface area contributed by atoms with Crippen molar-refractivity contribution in [1.29, 1.82) is 0 Å². The van der Waals surface area contributed by atoms with Gasteiger partial charge >= 0.3 is 0 Å². The minimum Gasteiger partial charge on any atom is -0.466 e. The molecular formula is C11H12N2O2. The Labute approximate surface area is 87.4 Å². The predicted octanol–water partition coefficient (Wildman–Crippen LogP) is 1.65. The summed E-state index contributed by atoms with van der Waals surface area (Å²) in [7, 11) is 0. The Morgan fingerprint density at radius 2 is 2.33 bits per heavy atom. The summed E-state index contributed by atoms with van der Waals surface area (Å²) in [5, 5.41) is 9.97. The molecule has 15 heavy (non-hydrogen) atoms. The normalized spacial score (nSPS) is 12.7. The van der Waals surface area contributed by atoms with Crippen LogP contribution in [-0.4, -0.2) is 10.1 Å². The quantitative estimate of drug-likeness (QED) is 0.780. The van der Waals surface area contributed by atoms with Gasteiger partial charge in [-0.2, -0.15) is 0 Å². The molecule has 0 bridgehead atoms. The van der Waals surface area contributed by atoms with Gasteiger partial charge in [0, 0.05) is 11.8 Å². The summed E-state index contributed by atoms with van der Waals surface area (Å²) in [6, 6.07) is 5.22. The van der Waals surface area contributed by atoms with Gasteiger partial charge < -0.3 is 15.3 Å². The van der Waals surface area contributed by atoms with E-state index in [1.807, 2.05) is 6.92 Å². The van der Waals surface area contributed by atoms with E-state index in [1.165, 1.54) is 6.26 Å². The molecule has 3 N–H and O–H groups in total. The van der Waals surface area contributed by atoms with E-state index in [-0.39, 0.29) is 0 Å². The fourth-order valence-corrected chi connectivity index (χ4v) is 1.42. The highest BCUT2D eigenvalue weighted by Gasteiger charge is 2.16. The van der Waals surface area contributed by atoms with E-state index in [0.717, 1.165) is 5.56 Å². The number of hydrogen-bond acceptors (Lipinski definition) is 4. The fraction of sp³-hybridized carbons (Fsp3) is 0.182. The molecule has 0 spiro atoms. The summed E-state index contributed by atoms with van der Waals surface area (Å²) < 4.78 is 5.11. The van der Waals surface area contributed by atoms with Crippen LogP contribution in [0.4, 0.5) is 5.82 Å². The topological polar surface area (TPSA) is 72.3 Å². The highest BCUT2D eigenvalue weighted by Crippen LogP contribution is 2.26. The lowest BCUT2D eigenvalue weighted by atomic mass is 10.1. The Morgan fingerprint density at radius 1 is 1.53 bits per heavy atom. The lowest BCUT2D eigenvalue weighted by Crippen LogP contribution is -2.05. The van der Waals surface area contributed by atoms with Crippen LogP contribution in [0.25, 0.3) is 0 Å². The molecule has 1 unspecified atom stereocenters. The number of nitrogens with zero attached hydrogens (tertiary/aromatic N) is 1. The van der Waals surface area contributed by atoms with Gasteiger partial charge in [-0.25, -0.2) is 4.98 Å². The van der Waals surface area contributed by atoms with Crippen LogP contribution in [0, 0.1) is 6.92 Å². The van der Waals surface area contributed by atoms with Crippen molar-refractivity contribution in [3.8, 4) is 0 Å². The zero-order chi connectivity index (χ0) is 10.8. The minimum atomic E-state index is -0.854. The number of aliphatic hydroxyl groups is 1. The monoisotopic (exact) mass is 204 g/mol. The number of furan rings is 1. The van der Waals surface area contributed by atoms with E-state index < -0.39 is 6.10 Å². The average molecular weight is 204 g/mol. The van der Waals surface area contributed by atoms with E-state index in [4.69, 9.17) is 10.2 Å². The van der Waals surface area contributed by atoms with Crippen molar-refractivity contribution in [2.24, 2.45) is 0 Å². The molecule has 2 aromatic rings. The highest BCUT2D eigenvalue weighted by atomic mass is 16.4. The van der Waals surface area contributed by atoms with Crippen molar-refractivity contribution in [1.82, 2.24) is 4.98 Å². The van der Waals surface area contributed by atoms with Crippen molar-refractivity contribution in [3.05, 3.63) is 47.5 Å². The second-order valence-electron chi connectivity index (χ2n) is 3.41. The summed E-state index contributed by atoms with van der Waals surface area (Å²) in [5.74, 6) is 0.790. The summed E-state index contributed by atoms with van der Waals surface area (Å²) in [5.41, 5.74) is 7.21. The van der Waals surface area contributed by atoms with Crippen molar-refractivity contribution >= 4 is 5.82 Å². The number of rotatable bonds is 2. The Balaban J connectivity index is 2.41. The molecule has 0 saturated heterocycles. The minimum absolute atomic E-state index is 0.324. The number of anilines is 1. The molecule has 0 aliphatic rings. The first-order valence-corrected chi connectivity index (χ1v) is 4.62. The van der Waals surface area contributed by atoms with Crippen LogP contribution >= 0.6 is 0 Å². The molecule has 0 aromatic carbocycles. The van der Waals surface area contributed by atoms with Crippen LogP contribution in [0.2, 0.25) is 0 Å². The Bertz CT molecular complexity index is 452. The van der Waals surface area contributed by atoms with Crippen molar-refractivity contribution in [2.75, 3.05) is 5.73 Å². The van der Waals surface area contributed by atoms with Crippen molar-refractivity contribution in [3.63, 3.8) is 0 Å². The number of aliphatic hydroxyl groups excluding tert-OH is 1. The van der Waals surface area contributed by atoms with Crippen LogP contribution in [0.5, 0.6) is 0 Å². The van der Waals surface area contributed by atoms with E-state index in [1.54, 1.807) is 24.4 Å². The van der Waals surface area contributed by atoms with Crippen LogP contribution < -0.4 is 5.73 Å². The molecule has 1 atom stereocenters. The summed E-state index contributed by atoms with van der Waals surface area (Å²) in [6.45, 7) is 1.89. The fourth-order valence-electron chi connectivity index (χ4n) is 1.42. The summed E-state index contributed by atoms with van der Waals surface area (Å²) >= 11 is 0. The molecule has 2 aromatic heterocycles. The van der Waals surface area contributed by atoms with Crippen LogP contribution in [-0.2, 0) is 0 Å². The van der Waals surface area contributed by atoms with Gasteiger partial charge in [0.05, 0.1) is 6.26 Å². The van der Waals surface area contributed by atoms with Gasteiger partial charge in [-0.3, -0.25) is 0 Å². The van der Waals surface area contributed by atoms with Crippen LogP contribution in [0.1, 0.15) is 23.0 Å². The molecule has 0 fully saturated rings. The molecule has 4 heteroatoms. The van der Waals surface area contributed by atoms with Gasteiger partial charge in [0.15, 0.2) is 0 Å². The van der Waals surface area contributed by atoms with Crippen LogP contribution in [0.3, 0.4) is 0 Å². The third-order valence-corrected chi connectivity index (χ3v) is 2.19. The van der Waals surface area contributed by atoms with E-state index >= 15 is 0 Å². The maximum absolute atomic E-state index is 9.97. The van der Waals surface area contributed by atoms with E-state index in [9.17, 15) is 5.11 Å². The molecule has 4 nitrogen and oxygen atoms in total. The first-order valence-electron chi connectivity index (χ1n) is 4.62. The van der Waals surface area contributed by atoms with E-state index in [0.29, 0.717) is 17.1 Å². The first-order chi connectivity index (χ1) is 7.18. The van der Waals surface area contributed by atoms with Gasteiger partial charge in [-0.1, -0.05) is 0 Å². The zero-order valence-electron chi connectivity index (χ0n) is 8.34. The Hall–Kier alpha value is -1.81. The Morgan fingerprint density at radius 3 is 3.00 bits per heavy atom. The van der Waals surface area contributed by atoms with Gasteiger partial charge in [0.25, 0.3) is 0 Å². The predicted molar refractivity (Wildman–Crippen MR) is 56.2 cm³/mol. The number of pyridine rings is 1. The lowest BCUT2D eigenvalue weighted by Gasteiger charge is -2.10. The van der Waals surface area contributed by atoms with E-state index in [2.05, 4.69) is 4.98 Å². The standard InChI is InChI=1S/C11H12N2O2/c1-7-5-8(11(12)13-6-7)10(14)9-3-2-4-15-9/h2-6,10,14H,1H3,(H2,12,13). The molecule has 2 heterocycles. The van der Waals surface area contributed by atoms with Crippen molar-refractivity contribution in [2.45, 2.75) is 13.0 Å². The zero-order valence-corrected chi connectivity index (χ0v) is 8.34. The summed E-state index contributed by atoms with van der Waals surface area (Å²) in [4.78, 5) is 3.99. The third-order valence-electron chi connectivity index (χ3n) is 2.19. The van der Waals surface area contributed by atoms with Gasteiger partial charge in [0.2, 0.25) is 0 Å². The second kappa shape index (κ2) is 3.74. The maximum atomic E-state index is 9.97. The van der Waals surface area contributed by atoms with Crippen molar-refractivity contribution < 1.29 is 9.52 Å². The summed E-state index contributed by atoms with van der Waals surface area (Å²) in [6.07, 6.45) is 2.32. The number of aryl methyl sites for hydroxylation is 1. The molecule has 78 valence electrons. The lowest BCUT2D eigenvalue weighted by molar-refractivity contribution is 0.189. The largest absolute Gasteiger partial charge is 0.466 e. The number of hydrogen-bond donors (Lipinski definition) is 2. The molecule has 0 saturated carbocycles. The third kappa shape index (κ3) is 1.85. The molecule has 0 aliphatic heterocycles. The maximum Gasteiger partial charge on any atom is 0.140 e. The molecule has 0 radical (unpaired) electrons. The second-order valence-corrected chi connectivity index (χ2v) is 3.41. The van der Waals surface area contributed by atoms with Crippen LogP contribution in [0.15, 0.2) is 35.1 Å². The molecule has 0 aliphatic carbocycles. The SMILES string of the molecule is Cc1cnc(N)c(C(O)c2ccco2)c1. The smallest absolute Gasteiger partial charge is 0.140 e. The average Bonchev–Trinajstić information content (AvgIpc) is 2.74.